The van der Waals surface area contributed by atoms with Crippen LogP contribution in [0, 0.1) is 0 Å². The van der Waals surface area contributed by atoms with Gasteiger partial charge >= 0.3 is 6.09 Å². The second-order valence-corrected chi connectivity index (χ2v) is 7.68. The molecule has 1 aliphatic heterocycles. The highest BCUT2D eigenvalue weighted by molar-refractivity contribution is 5.99. The number of carbonyl (C=O) groups excluding carboxylic acids is 4. The van der Waals surface area contributed by atoms with Crippen molar-refractivity contribution in [2.75, 3.05) is 16.3 Å². The van der Waals surface area contributed by atoms with Gasteiger partial charge in [0.05, 0.1) is 18.7 Å². The number of amides is 3. The van der Waals surface area contributed by atoms with Gasteiger partial charge in [-0.2, -0.15) is 0 Å². The van der Waals surface area contributed by atoms with E-state index >= 15 is 0 Å². The third kappa shape index (κ3) is 5.34. The molecule has 8 nitrogen and oxygen atoms in total. The van der Waals surface area contributed by atoms with E-state index in [2.05, 4.69) is 5.32 Å². The first-order valence-electron chi connectivity index (χ1n) is 9.69. The summed E-state index contributed by atoms with van der Waals surface area (Å²) in [6, 6.07) is 4.69. The zero-order chi connectivity index (χ0) is 21.9. The summed E-state index contributed by atoms with van der Waals surface area (Å²) >= 11 is 0. The van der Waals surface area contributed by atoms with Crippen molar-refractivity contribution in [1.29, 1.82) is 0 Å². The first kappa shape index (κ1) is 22.4. The zero-order valence-corrected chi connectivity index (χ0v) is 17.8. The number of nitrogens with one attached hydrogen (secondary N) is 1. The number of hydrogen-bond donors (Lipinski definition) is 1. The Bertz CT molecular complexity index is 821. The number of rotatable bonds is 5. The molecule has 1 aromatic carbocycles. The van der Waals surface area contributed by atoms with Crippen molar-refractivity contribution in [2.45, 2.75) is 66.2 Å². The van der Waals surface area contributed by atoms with E-state index < -0.39 is 12.1 Å². The van der Waals surface area contributed by atoms with Gasteiger partial charge in [-0.05, 0) is 52.3 Å². The first-order valence-corrected chi connectivity index (χ1v) is 9.69. The fourth-order valence-corrected chi connectivity index (χ4v) is 3.63. The highest BCUT2D eigenvalue weighted by Crippen LogP contribution is 2.39. The molecular weight excluding hydrogens is 374 g/mol. The standard InChI is InChI=1S/C21H29N3O5/c1-12(2)29-21(28)22-19-9-13(3)24(16(6)27)20-8-7-17(10-18(19)20)23(15(5)26)11-14(4)25/h7-8,10,12-13,19H,9,11H2,1-6H3,(H,22,28)/t13-,19+/m0/s1. The average molecular weight is 403 g/mol. The van der Waals surface area contributed by atoms with Crippen LogP contribution in [0.1, 0.15) is 59.6 Å². The molecule has 0 saturated carbocycles. The molecular formula is C21H29N3O5. The van der Waals surface area contributed by atoms with Crippen LogP contribution in [0.15, 0.2) is 18.2 Å². The van der Waals surface area contributed by atoms with Gasteiger partial charge in [0.2, 0.25) is 11.8 Å². The fraction of sp³-hybridized carbons (Fsp3) is 0.524. The maximum Gasteiger partial charge on any atom is 0.407 e. The first-order chi connectivity index (χ1) is 13.5. The largest absolute Gasteiger partial charge is 0.447 e. The molecule has 1 N–H and O–H groups in total. The SMILES string of the molecule is CC(=O)CN(C(C)=O)c1ccc2c(c1)[C@H](NC(=O)OC(C)C)C[C@H](C)N2C(C)=O. The summed E-state index contributed by atoms with van der Waals surface area (Å²) in [5, 5.41) is 2.86. The second-order valence-electron chi connectivity index (χ2n) is 7.68. The Morgan fingerprint density at radius 3 is 2.38 bits per heavy atom. The lowest BCUT2D eigenvalue weighted by atomic mass is 9.91. The van der Waals surface area contributed by atoms with E-state index in [0.29, 0.717) is 23.4 Å². The monoisotopic (exact) mass is 403 g/mol. The van der Waals surface area contributed by atoms with Gasteiger partial charge in [-0.1, -0.05) is 0 Å². The van der Waals surface area contributed by atoms with Crippen LogP contribution in [0.3, 0.4) is 0 Å². The zero-order valence-electron chi connectivity index (χ0n) is 17.8. The number of anilines is 2. The summed E-state index contributed by atoms with van der Waals surface area (Å²) < 4.78 is 5.21. The molecule has 2 rings (SSSR count). The van der Waals surface area contributed by atoms with E-state index in [-0.39, 0.29) is 36.3 Å². The Kier molecular flexibility index (Phi) is 7.00. The molecule has 0 radical (unpaired) electrons. The maximum absolute atomic E-state index is 12.2. The highest BCUT2D eigenvalue weighted by atomic mass is 16.6. The van der Waals surface area contributed by atoms with Crippen molar-refractivity contribution in [3.05, 3.63) is 23.8 Å². The lowest BCUT2D eigenvalue weighted by Gasteiger charge is -2.39. The van der Waals surface area contributed by atoms with Gasteiger partial charge in [-0.25, -0.2) is 4.79 Å². The van der Waals surface area contributed by atoms with Gasteiger partial charge in [-0.15, -0.1) is 0 Å². The van der Waals surface area contributed by atoms with Crippen molar-refractivity contribution >= 4 is 35.1 Å². The van der Waals surface area contributed by atoms with E-state index in [9.17, 15) is 19.2 Å². The molecule has 1 aromatic rings. The van der Waals surface area contributed by atoms with Gasteiger partial charge in [0, 0.05) is 36.8 Å². The molecule has 0 fully saturated rings. The van der Waals surface area contributed by atoms with Crippen LogP contribution < -0.4 is 15.1 Å². The minimum atomic E-state index is -0.544. The number of Topliss-reactive ketones (excluding diaryl/α,β-unsaturated/α-hetero) is 1. The Morgan fingerprint density at radius 2 is 1.86 bits per heavy atom. The lowest BCUT2D eigenvalue weighted by molar-refractivity contribution is -0.120. The van der Waals surface area contributed by atoms with Gasteiger partial charge in [0.25, 0.3) is 0 Å². The van der Waals surface area contributed by atoms with E-state index in [0.717, 1.165) is 0 Å². The Hall–Kier alpha value is -2.90. The maximum atomic E-state index is 12.2. The van der Waals surface area contributed by atoms with Crippen molar-refractivity contribution < 1.29 is 23.9 Å². The Labute approximate surface area is 171 Å². The van der Waals surface area contributed by atoms with Crippen LogP contribution in [0.2, 0.25) is 0 Å². The fourth-order valence-electron chi connectivity index (χ4n) is 3.63. The molecule has 0 aliphatic carbocycles. The summed E-state index contributed by atoms with van der Waals surface area (Å²) in [6.45, 7) is 9.69. The molecule has 0 bridgehead atoms. The second kappa shape index (κ2) is 9.07. The van der Waals surface area contributed by atoms with E-state index in [1.54, 1.807) is 36.9 Å². The quantitative estimate of drug-likeness (QED) is 0.815. The minimum absolute atomic E-state index is 0.0472. The molecule has 3 amide bonds. The van der Waals surface area contributed by atoms with Crippen LogP contribution in [0.5, 0.6) is 0 Å². The molecule has 0 spiro atoms. The summed E-state index contributed by atoms with van der Waals surface area (Å²) in [7, 11) is 0. The molecule has 1 heterocycles. The van der Waals surface area contributed by atoms with Gasteiger partial charge in [-0.3, -0.25) is 14.4 Å². The highest BCUT2D eigenvalue weighted by Gasteiger charge is 2.34. The van der Waals surface area contributed by atoms with Crippen molar-refractivity contribution in [1.82, 2.24) is 5.32 Å². The Balaban J connectivity index is 2.50. The predicted octanol–water partition coefficient (Wildman–Crippen LogP) is 2.95. The van der Waals surface area contributed by atoms with Gasteiger partial charge < -0.3 is 19.9 Å². The van der Waals surface area contributed by atoms with E-state index in [4.69, 9.17) is 4.74 Å². The number of ketones is 1. The third-order valence-electron chi connectivity index (χ3n) is 4.71. The normalized spacial score (nSPS) is 18.1. The molecule has 0 unspecified atom stereocenters. The number of fused-ring (bicyclic) bond motifs is 1. The predicted molar refractivity (Wildman–Crippen MR) is 110 cm³/mol. The summed E-state index contributed by atoms with van der Waals surface area (Å²) in [5.74, 6) is -0.523. The van der Waals surface area contributed by atoms with Gasteiger partial charge in [0.1, 0.15) is 5.78 Å². The minimum Gasteiger partial charge on any atom is -0.447 e. The molecule has 0 aromatic heterocycles. The number of alkyl carbamates (subject to hydrolysis) is 1. The molecule has 2 atom stereocenters. The number of nitrogens with zero attached hydrogens (tertiary/aromatic N) is 2. The number of carbonyl (C=O) groups is 4. The Morgan fingerprint density at radius 1 is 1.21 bits per heavy atom. The number of benzene rings is 1. The van der Waals surface area contributed by atoms with Crippen molar-refractivity contribution in [3.63, 3.8) is 0 Å². The van der Waals surface area contributed by atoms with E-state index in [1.807, 2.05) is 6.92 Å². The van der Waals surface area contributed by atoms with Crippen LogP contribution in [-0.4, -0.2) is 42.4 Å². The molecule has 8 heteroatoms. The number of ether oxygens (including phenoxy) is 1. The number of hydrogen-bond acceptors (Lipinski definition) is 5. The van der Waals surface area contributed by atoms with Crippen LogP contribution in [-0.2, 0) is 19.1 Å². The summed E-state index contributed by atoms with van der Waals surface area (Å²) in [6.07, 6.45) is -0.313. The molecule has 0 saturated heterocycles. The van der Waals surface area contributed by atoms with Gasteiger partial charge in [0.15, 0.2) is 0 Å². The van der Waals surface area contributed by atoms with Crippen LogP contribution >= 0.6 is 0 Å². The summed E-state index contributed by atoms with van der Waals surface area (Å²) in [4.78, 5) is 51.1. The lowest BCUT2D eigenvalue weighted by Crippen LogP contribution is -2.46. The van der Waals surface area contributed by atoms with Crippen LogP contribution in [0.4, 0.5) is 16.2 Å². The summed E-state index contributed by atoms with van der Waals surface area (Å²) in [5.41, 5.74) is 1.90. The molecule has 158 valence electrons. The van der Waals surface area contributed by atoms with Crippen molar-refractivity contribution in [2.24, 2.45) is 0 Å². The smallest absolute Gasteiger partial charge is 0.407 e. The average Bonchev–Trinajstić information content (AvgIpc) is 2.58. The molecule has 1 aliphatic rings. The van der Waals surface area contributed by atoms with Crippen molar-refractivity contribution in [3.8, 4) is 0 Å². The topological polar surface area (TPSA) is 96.0 Å². The van der Waals surface area contributed by atoms with Crippen LogP contribution in [0.25, 0.3) is 0 Å². The third-order valence-corrected chi connectivity index (χ3v) is 4.71. The molecule has 29 heavy (non-hydrogen) atoms. The van der Waals surface area contributed by atoms with E-state index in [1.165, 1.54) is 25.7 Å².